The highest BCUT2D eigenvalue weighted by Crippen LogP contribution is 2.20. The Bertz CT molecular complexity index is 583. The van der Waals surface area contributed by atoms with Crippen LogP contribution in [0.2, 0.25) is 0 Å². The average molecular weight is 337 g/mol. The summed E-state index contributed by atoms with van der Waals surface area (Å²) in [4.78, 5) is 25.4. The minimum atomic E-state index is -0.796. The van der Waals surface area contributed by atoms with Gasteiger partial charge in [0.1, 0.15) is 5.75 Å². The predicted octanol–water partition coefficient (Wildman–Crippen LogP) is 1.84. The van der Waals surface area contributed by atoms with Gasteiger partial charge in [-0.3, -0.25) is 9.59 Å². The molecule has 24 heavy (non-hydrogen) atoms. The van der Waals surface area contributed by atoms with E-state index in [1.165, 1.54) is 12.0 Å². The number of nitrogens with zero attached hydrogens (tertiary/aromatic N) is 1. The van der Waals surface area contributed by atoms with Gasteiger partial charge in [0.05, 0.1) is 25.7 Å². The molecule has 134 valence electrons. The summed E-state index contributed by atoms with van der Waals surface area (Å²) in [7, 11) is 1.30. The largest absolute Gasteiger partial charge is 0.483 e. The van der Waals surface area contributed by atoms with Crippen molar-refractivity contribution in [3.8, 4) is 5.75 Å². The van der Waals surface area contributed by atoms with Crippen LogP contribution >= 0.6 is 0 Å². The van der Waals surface area contributed by atoms with Crippen molar-refractivity contribution in [3.05, 3.63) is 29.3 Å². The van der Waals surface area contributed by atoms with Crippen molar-refractivity contribution in [1.29, 1.82) is 0 Å². The number of ether oxygens (including phenoxy) is 2. The van der Waals surface area contributed by atoms with Crippen LogP contribution in [0, 0.1) is 13.8 Å². The molecule has 0 aliphatic heterocycles. The Kier molecular flexibility index (Phi) is 7.22. The molecular formula is C18H27NO5. The van der Waals surface area contributed by atoms with Crippen molar-refractivity contribution in [1.82, 2.24) is 4.90 Å². The summed E-state index contributed by atoms with van der Waals surface area (Å²) in [5.41, 5.74) is 1.19. The van der Waals surface area contributed by atoms with Crippen LogP contribution in [0.25, 0.3) is 0 Å². The number of esters is 1. The molecule has 0 unspecified atom stereocenters. The van der Waals surface area contributed by atoms with Crippen LogP contribution in [0.4, 0.5) is 0 Å². The standard InChI is InChI=1S/C18H27NO5/c1-13-6-7-14(2)15(10-13)24-11-16(21)19(18(3,4)12-20)9-8-17(22)23-5/h6-7,10,20H,8-9,11-12H2,1-5H3. The highest BCUT2D eigenvalue weighted by Gasteiger charge is 2.31. The Labute approximate surface area is 143 Å². The van der Waals surface area contributed by atoms with Crippen molar-refractivity contribution in [2.45, 2.75) is 39.7 Å². The van der Waals surface area contributed by atoms with Crippen LogP contribution in [-0.4, -0.2) is 54.3 Å². The molecule has 6 heteroatoms. The SMILES string of the molecule is COC(=O)CCN(C(=O)COc1cc(C)ccc1C)C(C)(C)CO. The third kappa shape index (κ3) is 5.53. The molecule has 1 N–H and O–H groups in total. The van der Waals surface area contributed by atoms with Gasteiger partial charge >= 0.3 is 5.97 Å². The summed E-state index contributed by atoms with van der Waals surface area (Å²) < 4.78 is 10.3. The first-order valence-corrected chi connectivity index (χ1v) is 7.89. The Morgan fingerprint density at radius 2 is 1.92 bits per heavy atom. The monoisotopic (exact) mass is 337 g/mol. The molecule has 0 fully saturated rings. The van der Waals surface area contributed by atoms with Crippen LogP contribution in [0.15, 0.2) is 18.2 Å². The number of methoxy groups -OCH3 is 1. The molecule has 0 bridgehead atoms. The van der Waals surface area contributed by atoms with Crippen molar-refractivity contribution < 1.29 is 24.2 Å². The van der Waals surface area contributed by atoms with E-state index in [2.05, 4.69) is 4.74 Å². The summed E-state index contributed by atoms with van der Waals surface area (Å²) in [6.45, 7) is 7.12. The predicted molar refractivity (Wildman–Crippen MR) is 90.9 cm³/mol. The molecule has 0 spiro atoms. The fraction of sp³-hybridized carbons (Fsp3) is 0.556. The van der Waals surface area contributed by atoms with Gasteiger partial charge in [0.25, 0.3) is 5.91 Å². The molecule has 0 saturated carbocycles. The third-order valence-corrected chi connectivity index (χ3v) is 3.88. The number of hydrogen-bond donors (Lipinski definition) is 1. The number of carbonyl (C=O) groups excluding carboxylic acids is 2. The van der Waals surface area contributed by atoms with Gasteiger partial charge < -0.3 is 19.5 Å². The van der Waals surface area contributed by atoms with E-state index in [-0.39, 0.29) is 32.1 Å². The molecule has 0 aliphatic carbocycles. The summed E-state index contributed by atoms with van der Waals surface area (Å²) in [5.74, 6) is -0.0473. The molecule has 0 aliphatic rings. The number of aliphatic hydroxyl groups is 1. The van der Waals surface area contributed by atoms with Gasteiger partial charge in [-0.05, 0) is 44.9 Å². The number of carbonyl (C=O) groups is 2. The van der Waals surface area contributed by atoms with E-state index in [0.717, 1.165) is 11.1 Å². The quantitative estimate of drug-likeness (QED) is 0.733. The number of hydrogen-bond acceptors (Lipinski definition) is 5. The Morgan fingerprint density at radius 1 is 1.25 bits per heavy atom. The van der Waals surface area contributed by atoms with E-state index >= 15 is 0 Å². The van der Waals surface area contributed by atoms with Crippen LogP contribution in [-0.2, 0) is 14.3 Å². The van der Waals surface area contributed by atoms with Crippen molar-refractivity contribution >= 4 is 11.9 Å². The van der Waals surface area contributed by atoms with E-state index in [1.54, 1.807) is 13.8 Å². The number of rotatable bonds is 8. The first-order chi connectivity index (χ1) is 11.2. The first-order valence-electron chi connectivity index (χ1n) is 7.89. The van der Waals surface area contributed by atoms with E-state index in [9.17, 15) is 14.7 Å². The zero-order valence-electron chi connectivity index (χ0n) is 15.1. The van der Waals surface area contributed by atoms with Crippen LogP contribution in [0.3, 0.4) is 0 Å². The van der Waals surface area contributed by atoms with E-state index in [0.29, 0.717) is 5.75 Å². The molecule has 0 atom stereocenters. The van der Waals surface area contributed by atoms with Gasteiger partial charge in [0.15, 0.2) is 6.61 Å². The van der Waals surface area contributed by atoms with E-state index < -0.39 is 11.5 Å². The number of aliphatic hydroxyl groups excluding tert-OH is 1. The molecule has 1 aromatic rings. The number of amides is 1. The number of benzene rings is 1. The lowest BCUT2D eigenvalue weighted by Crippen LogP contribution is -2.52. The fourth-order valence-electron chi connectivity index (χ4n) is 2.24. The van der Waals surface area contributed by atoms with Crippen molar-refractivity contribution in [3.63, 3.8) is 0 Å². The molecule has 6 nitrogen and oxygen atoms in total. The fourth-order valence-corrected chi connectivity index (χ4v) is 2.24. The maximum atomic E-state index is 12.6. The second-order valence-electron chi connectivity index (χ2n) is 6.40. The van der Waals surface area contributed by atoms with Crippen molar-refractivity contribution in [2.75, 3.05) is 26.9 Å². The Morgan fingerprint density at radius 3 is 2.50 bits per heavy atom. The second kappa shape index (κ2) is 8.68. The lowest BCUT2D eigenvalue weighted by atomic mass is 10.0. The van der Waals surface area contributed by atoms with E-state index in [1.807, 2.05) is 32.0 Å². The third-order valence-electron chi connectivity index (χ3n) is 3.88. The summed E-state index contributed by atoms with van der Waals surface area (Å²) in [6, 6.07) is 5.78. The van der Waals surface area contributed by atoms with Gasteiger partial charge in [-0.1, -0.05) is 12.1 Å². The molecule has 0 radical (unpaired) electrons. The van der Waals surface area contributed by atoms with Crippen LogP contribution < -0.4 is 4.74 Å². The Hall–Kier alpha value is -2.08. The highest BCUT2D eigenvalue weighted by molar-refractivity contribution is 5.79. The van der Waals surface area contributed by atoms with Crippen LogP contribution in [0.1, 0.15) is 31.4 Å². The molecule has 0 heterocycles. The summed E-state index contributed by atoms with van der Waals surface area (Å²) in [6.07, 6.45) is 0.0646. The zero-order chi connectivity index (χ0) is 18.3. The zero-order valence-corrected chi connectivity index (χ0v) is 15.1. The normalized spacial score (nSPS) is 11.1. The minimum Gasteiger partial charge on any atom is -0.483 e. The molecular weight excluding hydrogens is 310 g/mol. The van der Waals surface area contributed by atoms with Crippen molar-refractivity contribution in [2.24, 2.45) is 0 Å². The maximum Gasteiger partial charge on any atom is 0.307 e. The van der Waals surface area contributed by atoms with Gasteiger partial charge in [-0.15, -0.1) is 0 Å². The lowest BCUT2D eigenvalue weighted by Gasteiger charge is -2.37. The summed E-state index contributed by atoms with van der Waals surface area (Å²) in [5, 5.41) is 9.55. The molecule has 0 saturated heterocycles. The average Bonchev–Trinajstić information content (AvgIpc) is 2.55. The molecule has 1 amide bonds. The Balaban J connectivity index is 2.80. The van der Waals surface area contributed by atoms with Gasteiger partial charge in [0, 0.05) is 6.54 Å². The van der Waals surface area contributed by atoms with Gasteiger partial charge in [-0.2, -0.15) is 0 Å². The van der Waals surface area contributed by atoms with E-state index in [4.69, 9.17) is 4.74 Å². The maximum absolute atomic E-state index is 12.6. The van der Waals surface area contributed by atoms with Gasteiger partial charge in [-0.25, -0.2) is 0 Å². The first kappa shape index (κ1) is 20.0. The minimum absolute atomic E-state index is 0.0646. The van der Waals surface area contributed by atoms with Crippen LogP contribution in [0.5, 0.6) is 5.75 Å². The molecule has 0 aromatic heterocycles. The lowest BCUT2D eigenvalue weighted by molar-refractivity contribution is -0.145. The molecule has 1 rings (SSSR count). The second-order valence-corrected chi connectivity index (χ2v) is 6.40. The smallest absolute Gasteiger partial charge is 0.307 e. The number of aryl methyl sites for hydroxylation is 2. The molecule has 1 aromatic carbocycles. The summed E-state index contributed by atoms with van der Waals surface area (Å²) >= 11 is 0. The van der Waals surface area contributed by atoms with Gasteiger partial charge in [0.2, 0.25) is 0 Å². The topological polar surface area (TPSA) is 76.1 Å². The highest BCUT2D eigenvalue weighted by atomic mass is 16.5.